The van der Waals surface area contributed by atoms with Crippen molar-refractivity contribution in [2.45, 2.75) is 83.5 Å². The Morgan fingerprint density at radius 2 is 1.87 bits per heavy atom. The summed E-state index contributed by atoms with van der Waals surface area (Å²) in [6.45, 7) is 14.5. The summed E-state index contributed by atoms with van der Waals surface area (Å²) in [4.78, 5) is 23.2. The molecule has 1 aliphatic carbocycles. The number of carbonyl (C=O) groups excluding carboxylic acids is 1. The van der Waals surface area contributed by atoms with E-state index in [-0.39, 0.29) is 28.5 Å². The van der Waals surface area contributed by atoms with Gasteiger partial charge in [0.15, 0.2) is 14.1 Å². The molecule has 1 amide bonds. The first-order chi connectivity index (χ1) is 21.2. The van der Waals surface area contributed by atoms with Gasteiger partial charge >= 0.3 is 0 Å². The Balaban J connectivity index is 1.27. The van der Waals surface area contributed by atoms with Crippen molar-refractivity contribution in [3.63, 3.8) is 0 Å². The van der Waals surface area contributed by atoms with Crippen molar-refractivity contribution in [1.82, 2.24) is 19.7 Å². The highest BCUT2D eigenvalue weighted by Crippen LogP contribution is 2.50. The predicted octanol–water partition coefficient (Wildman–Crippen LogP) is 7.95. The molecule has 6 rings (SSSR count). The number of fused-ring (bicyclic) bond motifs is 2. The Kier molecular flexibility index (Phi) is 8.06. The summed E-state index contributed by atoms with van der Waals surface area (Å²) >= 11 is 6.36. The van der Waals surface area contributed by atoms with Crippen molar-refractivity contribution < 1.29 is 13.6 Å². The van der Waals surface area contributed by atoms with Crippen LogP contribution in [0.5, 0.6) is 0 Å². The maximum absolute atomic E-state index is 13.9. The topological polar surface area (TPSA) is 108 Å². The fourth-order valence-corrected chi connectivity index (χ4v) is 7.87. The van der Waals surface area contributed by atoms with Gasteiger partial charge in [0.2, 0.25) is 5.91 Å². The van der Waals surface area contributed by atoms with Crippen LogP contribution in [0.2, 0.25) is 23.2 Å². The van der Waals surface area contributed by atoms with E-state index in [0.29, 0.717) is 40.4 Å². The minimum absolute atomic E-state index is 0.0927. The van der Waals surface area contributed by atoms with Gasteiger partial charge in [0.1, 0.15) is 23.1 Å². The van der Waals surface area contributed by atoms with E-state index in [1.54, 1.807) is 16.8 Å². The van der Waals surface area contributed by atoms with Crippen LogP contribution in [0.25, 0.3) is 22.4 Å². The molecule has 11 heteroatoms. The van der Waals surface area contributed by atoms with Crippen LogP contribution in [0.1, 0.15) is 64.5 Å². The lowest BCUT2D eigenvalue weighted by Gasteiger charge is -2.40. The number of halogens is 2. The predicted molar refractivity (Wildman–Crippen MR) is 180 cm³/mol. The first-order valence-electron chi connectivity index (χ1n) is 15.7. The standard InChI is InChI=1S/C34H42ClFN6O2Si/c1-33(2,3)45(5,6)44-19-20-10-12-22(13-11-20)34(4)27-29(37)38-31(39-30(27)40-32(34)43)28-25-15-14-23(35)17-26(25)42(41-28)18-21-8-7-9-24(36)16-21/h7-9,14-17,20,22H,10-13,18-19H2,1-6H3,(H3,37,38,39,40,43). The van der Waals surface area contributed by atoms with Crippen LogP contribution in [0.4, 0.5) is 16.0 Å². The van der Waals surface area contributed by atoms with Gasteiger partial charge < -0.3 is 15.5 Å². The zero-order valence-electron chi connectivity index (χ0n) is 26.9. The molecular formula is C34H42ClFN6O2Si. The molecule has 3 N–H and O–H groups in total. The minimum Gasteiger partial charge on any atom is -0.417 e. The van der Waals surface area contributed by atoms with Crippen LogP contribution < -0.4 is 11.1 Å². The molecule has 8 nitrogen and oxygen atoms in total. The molecule has 1 saturated carbocycles. The number of hydrogen-bond donors (Lipinski definition) is 2. The van der Waals surface area contributed by atoms with Crippen LogP contribution in [-0.4, -0.2) is 40.6 Å². The second-order valence-electron chi connectivity index (χ2n) is 14.4. The molecule has 1 fully saturated rings. The van der Waals surface area contributed by atoms with E-state index in [1.165, 1.54) is 12.1 Å². The SMILES string of the molecule is CC1(C2CCC(CO[Si](C)(C)C(C)(C)C)CC2)C(=O)Nc2nc(-c3nn(Cc4cccc(F)c4)c4cc(Cl)ccc34)nc(N)c21. The molecule has 2 aromatic carbocycles. The number of rotatable bonds is 7. The minimum atomic E-state index is -1.81. The molecule has 0 saturated heterocycles. The number of nitrogens with two attached hydrogens (primary N) is 1. The molecule has 2 aliphatic rings. The number of aromatic nitrogens is 4. The molecule has 1 aliphatic heterocycles. The van der Waals surface area contributed by atoms with E-state index < -0.39 is 13.7 Å². The number of nitrogens with one attached hydrogen (secondary N) is 1. The average Bonchev–Trinajstić information content (AvgIpc) is 3.45. The zero-order valence-corrected chi connectivity index (χ0v) is 28.6. The summed E-state index contributed by atoms with van der Waals surface area (Å²) in [6, 6.07) is 11.9. The van der Waals surface area contributed by atoms with Crippen LogP contribution in [0, 0.1) is 17.7 Å². The molecule has 1 unspecified atom stereocenters. The van der Waals surface area contributed by atoms with Gasteiger partial charge in [-0.25, -0.2) is 14.4 Å². The summed E-state index contributed by atoms with van der Waals surface area (Å²) in [5.41, 5.74) is 8.55. The van der Waals surface area contributed by atoms with E-state index in [2.05, 4.69) is 39.2 Å². The Morgan fingerprint density at radius 3 is 2.56 bits per heavy atom. The highest BCUT2D eigenvalue weighted by Gasteiger charge is 2.52. The Bertz CT molecular complexity index is 1780. The third kappa shape index (κ3) is 5.77. The van der Waals surface area contributed by atoms with Gasteiger partial charge in [-0.3, -0.25) is 9.48 Å². The quantitative estimate of drug-likeness (QED) is 0.197. The number of anilines is 2. The van der Waals surface area contributed by atoms with Gasteiger partial charge in [-0.05, 0) is 98.5 Å². The highest BCUT2D eigenvalue weighted by molar-refractivity contribution is 6.74. The van der Waals surface area contributed by atoms with Crippen LogP contribution >= 0.6 is 11.6 Å². The first-order valence-corrected chi connectivity index (χ1v) is 19.0. The lowest BCUT2D eigenvalue weighted by Crippen LogP contribution is -2.44. The van der Waals surface area contributed by atoms with E-state index in [0.717, 1.165) is 48.8 Å². The van der Waals surface area contributed by atoms with Crippen LogP contribution in [0.15, 0.2) is 42.5 Å². The van der Waals surface area contributed by atoms with E-state index in [4.69, 9.17) is 36.8 Å². The molecule has 0 bridgehead atoms. The summed E-state index contributed by atoms with van der Waals surface area (Å²) in [7, 11) is -1.81. The normalized spacial score (nSPS) is 22.1. The van der Waals surface area contributed by atoms with Gasteiger partial charge in [0.25, 0.3) is 0 Å². The molecule has 45 heavy (non-hydrogen) atoms. The average molecular weight is 649 g/mol. The fourth-order valence-electron chi connectivity index (χ4n) is 6.62. The number of hydrogen-bond acceptors (Lipinski definition) is 6. The number of nitrogens with zero attached hydrogens (tertiary/aromatic N) is 4. The van der Waals surface area contributed by atoms with Crippen molar-refractivity contribution in [3.8, 4) is 11.5 Å². The van der Waals surface area contributed by atoms with Crippen molar-refractivity contribution in [1.29, 1.82) is 0 Å². The molecule has 0 spiro atoms. The van der Waals surface area contributed by atoms with Crippen LogP contribution in [0.3, 0.4) is 0 Å². The van der Waals surface area contributed by atoms with Crippen molar-refractivity contribution in [3.05, 3.63) is 64.4 Å². The van der Waals surface area contributed by atoms with E-state index in [9.17, 15) is 9.18 Å². The number of amides is 1. The Hall–Kier alpha value is -3.34. The molecule has 0 radical (unpaired) electrons. The first kappa shape index (κ1) is 31.6. The van der Waals surface area contributed by atoms with E-state index in [1.807, 2.05) is 25.1 Å². The van der Waals surface area contributed by atoms with Crippen LogP contribution in [-0.2, 0) is 21.2 Å². The molecule has 4 aromatic rings. The largest absolute Gasteiger partial charge is 0.417 e. The lowest BCUT2D eigenvalue weighted by atomic mass is 9.65. The number of nitrogen functional groups attached to an aromatic ring is 1. The Labute approximate surface area is 270 Å². The zero-order chi connectivity index (χ0) is 32.3. The number of benzene rings is 2. The summed E-state index contributed by atoms with van der Waals surface area (Å²) in [5.74, 6) is 1.23. The molecular weight excluding hydrogens is 607 g/mol. The van der Waals surface area contributed by atoms with Gasteiger partial charge in [0, 0.05) is 17.0 Å². The molecule has 1 atom stereocenters. The van der Waals surface area contributed by atoms with Crippen molar-refractivity contribution >= 4 is 48.4 Å². The maximum atomic E-state index is 13.9. The lowest BCUT2D eigenvalue weighted by molar-refractivity contribution is -0.122. The van der Waals surface area contributed by atoms with Gasteiger partial charge in [-0.15, -0.1) is 0 Å². The highest BCUT2D eigenvalue weighted by atomic mass is 35.5. The third-order valence-electron chi connectivity index (χ3n) is 10.5. The second-order valence-corrected chi connectivity index (χ2v) is 19.6. The second kappa shape index (κ2) is 11.5. The van der Waals surface area contributed by atoms with Gasteiger partial charge in [0.05, 0.1) is 23.0 Å². The van der Waals surface area contributed by atoms with Gasteiger partial charge in [-0.2, -0.15) is 5.10 Å². The molecule has 238 valence electrons. The van der Waals surface area contributed by atoms with Gasteiger partial charge in [-0.1, -0.05) is 44.5 Å². The summed E-state index contributed by atoms with van der Waals surface area (Å²) < 4.78 is 22.2. The monoisotopic (exact) mass is 648 g/mol. The Morgan fingerprint density at radius 1 is 1.13 bits per heavy atom. The van der Waals surface area contributed by atoms with E-state index >= 15 is 0 Å². The summed E-state index contributed by atoms with van der Waals surface area (Å²) in [5, 5.41) is 9.37. The molecule has 3 heterocycles. The third-order valence-corrected chi connectivity index (χ3v) is 15.2. The smallest absolute Gasteiger partial charge is 0.236 e. The maximum Gasteiger partial charge on any atom is 0.236 e. The number of carbonyl (C=O) groups is 1. The molecule has 2 aromatic heterocycles. The summed E-state index contributed by atoms with van der Waals surface area (Å²) in [6.07, 6.45) is 3.83. The fraction of sp³-hybridized carbons (Fsp3) is 0.471. The van der Waals surface area contributed by atoms with Crippen molar-refractivity contribution in [2.24, 2.45) is 11.8 Å². The van der Waals surface area contributed by atoms with Crippen molar-refractivity contribution in [2.75, 3.05) is 17.7 Å².